The molecule has 0 fully saturated rings. The van der Waals surface area contributed by atoms with Gasteiger partial charge in [-0.05, 0) is 89.6 Å². The molecule has 2 atom stereocenters. The summed E-state index contributed by atoms with van der Waals surface area (Å²) in [6.07, 6.45) is 0. The van der Waals surface area contributed by atoms with E-state index in [9.17, 15) is 0 Å². The Kier molecular flexibility index (Phi) is 7.95. The summed E-state index contributed by atoms with van der Waals surface area (Å²) in [7, 11) is -1.24. The van der Waals surface area contributed by atoms with Crippen LogP contribution in [0.25, 0.3) is 22.3 Å². The maximum absolute atomic E-state index is 3.60. The Morgan fingerprint density at radius 3 is 1.76 bits per heavy atom. The van der Waals surface area contributed by atoms with Crippen molar-refractivity contribution in [3.05, 3.63) is 139 Å². The third kappa shape index (κ3) is 5.54. The third-order valence-corrected chi connectivity index (χ3v) is 16.0. The number of rotatable bonds is 6. The van der Waals surface area contributed by atoms with Crippen molar-refractivity contribution in [2.45, 2.75) is 39.8 Å². The van der Waals surface area contributed by atoms with Crippen LogP contribution in [0.15, 0.2) is 121 Å². The summed E-state index contributed by atoms with van der Waals surface area (Å²) in [4.78, 5) is 0. The lowest BCUT2D eigenvalue weighted by atomic mass is 9.97. The second-order valence-corrected chi connectivity index (χ2v) is 17.2. The first-order valence-electron chi connectivity index (χ1n) is 13.2. The molecular weight excluding hydrogens is 494 g/mol. The lowest BCUT2D eigenvalue weighted by molar-refractivity contribution is 0.796. The van der Waals surface area contributed by atoms with Crippen molar-refractivity contribution < 1.29 is 0 Å². The smallest absolute Gasteiger partial charge is 0.00648 e. The Labute approximate surface area is 231 Å². The summed E-state index contributed by atoms with van der Waals surface area (Å²) in [5.41, 5.74) is 7.74. The molecule has 5 aromatic rings. The molecule has 0 nitrogen and oxygen atoms in total. The highest BCUT2D eigenvalue weighted by molar-refractivity contribution is 8.39. The molecule has 0 N–H and O–H groups in total. The van der Waals surface area contributed by atoms with Crippen molar-refractivity contribution >= 4 is 31.1 Å². The monoisotopic (exact) mass is 529 g/mol. The predicted octanol–water partition coefficient (Wildman–Crippen LogP) is 9.39. The van der Waals surface area contributed by atoms with Gasteiger partial charge in [0, 0.05) is 0 Å². The zero-order valence-corrected chi connectivity index (χ0v) is 24.7. The van der Waals surface area contributed by atoms with E-state index in [0.717, 1.165) is 0 Å². The fourth-order valence-corrected chi connectivity index (χ4v) is 14.1. The van der Waals surface area contributed by atoms with Crippen LogP contribution in [0.1, 0.15) is 31.9 Å². The van der Waals surface area contributed by atoms with E-state index in [2.05, 4.69) is 162 Å². The molecule has 0 saturated carbocycles. The van der Waals surface area contributed by atoms with Gasteiger partial charge in [-0.15, -0.1) is 0 Å². The van der Waals surface area contributed by atoms with Gasteiger partial charge in [0.1, 0.15) is 0 Å². The fraction of sp³-hybridized carbons (Fsp3) is 0.167. The molecule has 0 aliphatic heterocycles. The molecule has 0 aliphatic carbocycles. The fourth-order valence-electron chi connectivity index (χ4n) is 5.09. The highest BCUT2D eigenvalue weighted by Crippen LogP contribution is 2.73. The van der Waals surface area contributed by atoms with Gasteiger partial charge in [0.25, 0.3) is 0 Å². The van der Waals surface area contributed by atoms with Crippen LogP contribution in [0.5, 0.6) is 0 Å². The van der Waals surface area contributed by atoms with Crippen molar-refractivity contribution in [3.63, 3.8) is 0 Å². The lowest BCUT2D eigenvalue weighted by Crippen LogP contribution is -2.25. The van der Waals surface area contributed by atoms with Crippen LogP contribution >= 0.6 is 15.2 Å². The summed E-state index contributed by atoms with van der Waals surface area (Å²) in [5, 5.41) is 4.46. The van der Waals surface area contributed by atoms with E-state index in [4.69, 9.17) is 0 Å². The number of aryl methyl sites for hydroxylation is 2. The Hall–Kier alpha value is -3.04. The zero-order chi connectivity index (χ0) is 26.7. The molecule has 0 aliphatic rings. The standard InChI is InChI=1S/C36H35P2/c1-27-15-12-13-21-33(27)35-28(2)16-14-22-34(35)38(36(3,4)5)37(31-19-10-7-11-20-31)32-25-23-30(24-26-32)29-17-8-6-9-18-29/h6-20,22-26H,1-5H3/t37-,38-/m0/s1. The van der Waals surface area contributed by atoms with Crippen LogP contribution in [-0.2, 0) is 0 Å². The van der Waals surface area contributed by atoms with E-state index < -0.39 is 15.2 Å². The van der Waals surface area contributed by atoms with Crippen molar-refractivity contribution in [1.82, 2.24) is 0 Å². The van der Waals surface area contributed by atoms with Gasteiger partial charge in [0.2, 0.25) is 0 Å². The predicted molar refractivity (Wildman–Crippen MR) is 171 cm³/mol. The van der Waals surface area contributed by atoms with Crippen molar-refractivity contribution in [3.8, 4) is 22.3 Å². The average Bonchev–Trinajstić information content (AvgIpc) is 2.93. The first-order valence-corrected chi connectivity index (χ1v) is 16.6. The largest absolute Gasteiger partial charge is 0.0622 e. The molecule has 0 saturated heterocycles. The maximum atomic E-state index is 3.60. The average molecular weight is 530 g/mol. The van der Waals surface area contributed by atoms with Crippen LogP contribution in [0.2, 0.25) is 0 Å². The van der Waals surface area contributed by atoms with Gasteiger partial charge in [0.05, 0.1) is 0 Å². The van der Waals surface area contributed by atoms with E-state index in [-0.39, 0.29) is 5.16 Å². The van der Waals surface area contributed by atoms with E-state index in [1.165, 1.54) is 49.3 Å². The summed E-state index contributed by atoms with van der Waals surface area (Å²) in [5.74, 6) is 0. The molecule has 5 aromatic carbocycles. The Morgan fingerprint density at radius 2 is 1.13 bits per heavy atom. The maximum Gasteiger partial charge on any atom is -0.00648 e. The van der Waals surface area contributed by atoms with Gasteiger partial charge in [-0.2, -0.15) is 0 Å². The van der Waals surface area contributed by atoms with Gasteiger partial charge in [-0.1, -0.05) is 142 Å². The molecule has 0 unspecified atom stereocenters. The van der Waals surface area contributed by atoms with E-state index in [1.54, 1.807) is 0 Å². The minimum absolute atomic E-state index is 0.0974. The minimum atomic E-state index is -0.638. The van der Waals surface area contributed by atoms with E-state index >= 15 is 0 Å². The quantitative estimate of drug-likeness (QED) is 0.192. The Balaban J connectivity index is 1.72. The third-order valence-electron chi connectivity index (χ3n) is 6.85. The Morgan fingerprint density at radius 1 is 0.553 bits per heavy atom. The first-order chi connectivity index (χ1) is 18.3. The van der Waals surface area contributed by atoms with Crippen LogP contribution in [0.3, 0.4) is 0 Å². The van der Waals surface area contributed by atoms with Crippen LogP contribution in [-0.4, -0.2) is 5.16 Å². The normalized spacial score (nSPS) is 13.2. The topological polar surface area (TPSA) is 0 Å². The van der Waals surface area contributed by atoms with Crippen molar-refractivity contribution in [2.75, 3.05) is 0 Å². The van der Waals surface area contributed by atoms with Gasteiger partial charge >= 0.3 is 0 Å². The lowest BCUT2D eigenvalue weighted by Gasteiger charge is -2.40. The summed E-state index contributed by atoms with van der Waals surface area (Å²) in [6.45, 7) is 11.8. The molecule has 0 aromatic heterocycles. The zero-order valence-electron chi connectivity index (χ0n) is 22.9. The molecule has 0 heterocycles. The molecule has 0 amide bonds. The molecule has 38 heavy (non-hydrogen) atoms. The van der Waals surface area contributed by atoms with Crippen molar-refractivity contribution in [2.24, 2.45) is 0 Å². The van der Waals surface area contributed by atoms with Gasteiger partial charge < -0.3 is 0 Å². The molecule has 189 valence electrons. The van der Waals surface area contributed by atoms with Gasteiger partial charge in [-0.25, -0.2) is 0 Å². The van der Waals surface area contributed by atoms with Crippen LogP contribution in [0.4, 0.5) is 0 Å². The molecule has 5 rings (SSSR count). The van der Waals surface area contributed by atoms with Crippen LogP contribution in [0, 0.1) is 19.9 Å². The molecule has 0 bridgehead atoms. The van der Waals surface area contributed by atoms with Crippen LogP contribution < -0.4 is 15.9 Å². The second-order valence-electron chi connectivity index (χ2n) is 10.7. The molecular formula is C36H35P2. The molecule has 0 spiro atoms. The summed E-state index contributed by atoms with van der Waals surface area (Å²) < 4.78 is 0. The Bertz CT molecular complexity index is 1500. The number of benzene rings is 5. The van der Waals surface area contributed by atoms with E-state index in [0.29, 0.717) is 0 Å². The SMILES string of the molecule is Cc1ccc[c]c1-c1c(C)cccc1[P@]([P@@](c1ccccc1)c1ccc(-c2ccccc2)cc1)C(C)(C)C. The van der Waals surface area contributed by atoms with Gasteiger partial charge in [0.15, 0.2) is 0 Å². The highest BCUT2D eigenvalue weighted by Gasteiger charge is 2.37. The minimum Gasteiger partial charge on any atom is -0.0622 e. The number of hydrogen-bond donors (Lipinski definition) is 0. The molecule has 1 radical (unpaired) electrons. The van der Waals surface area contributed by atoms with E-state index in [1.807, 2.05) is 0 Å². The summed E-state index contributed by atoms with van der Waals surface area (Å²) >= 11 is 0. The van der Waals surface area contributed by atoms with Crippen molar-refractivity contribution in [1.29, 1.82) is 0 Å². The summed E-state index contributed by atoms with van der Waals surface area (Å²) in [6, 6.07) is 48.2. The van der Waals surface area contributed by atoms with Gasteiger partial charge in [-0.3, -0.25) is 0 Å². The molecule has 2 heteroatoms. The highest BCUT2D eigenvalue weighted by atomic mass is 32.1. The first kappa shape index (κ1) is 26.6. The number of hydrogen-bond acceptors (Lipinski definition) is 0. The second kappa shape index (κ2) is 11.4.